The largest absolute Gasteiger partial charge is 0.493 e. The number of carbonyl (C=O) groups is 1. The number of rotatable bonds is 10. The Morgan fingerprint density at radius 2 is 1.85 bits per heavy atom. The van der Waals surface area contributed by atoms with Gasteiger partial charge in [0.25, 0.3) is 5.91 Å². The summed E-state index contributed by atoms with van der Waals surface area (Å²) >= 11 is 6.00. The van der Waals surface area contributed by atoms with Crippen LogP contribution in [-0.2, 0) is 13.0 Å². The van der Waals surface area contributed by atoms with Gasteiger partial charge < -0.3 is 14.6 Å². The lowest BCUT2D eigenvalue weighted by atomic mass is 10.2. The standard InChI is InChI=1S/C27H28ClN3O2/c1-20-9-2-5-14-25(20)33-18-7-6-17-31-24-13-4-3-12-23(24)30-26(31)15-16-29-27(32)21-10-8-11-22(28)19-21/h2-5,8-14,19H,6-7,15-18H2,1H3,(H,29,32). The first-order valence-electron chi connectivity index (χ1n) is 11.3. The lowest BCUT2D eigenvalue weighted by Crippen LogP contribution is -2.26. The van der Waals surface area contributed by atoms with Crippen molar-refractivity contribution in [2.24, 2.45) is 0 Å². The third-order valence-corrected chi connectivity index (χ3v) is 5.82. The average Bonchev–Trinajstić information content (AvgIpc) is 3.17. The second-order valence-corrected chi connectivity index (χ2v) is 8.44. The molecule has 0 aliphatic heterocycles. The number of carbonyl (C=O) groups excluding carboxylic acids is 1. The molecule has 0 atom stereocenters. The number of nitrogens with zero attached hydrogens (tertiary/aromatic N) is 2. The van der Waals surface area contributed by atoms with Gasteiger partial charge in [-0.05, 0) is 61.7 Å². The molecule has 4 aromatic rings. The molecule has 3 aromatic carbocycles. The van der Waals surface area contributed by atoms with E-state index in [1.807, 2.05) is 36.4 Å². The van der Waals surface area contributed by atoms with Crippen LogP contribution in [0.25, 0.3) is 11.0 Å². The highest BCUT2D eigenvalue weighted by Gasteiger charge is 2.12. The Balaban J connectivity index is 1.34. The summed E-state index contributed by atoms with van der Waals surface area (Å²) in [6.45, 7) is 4.10. The van der Waals surface area contributed by atoms with Crippen molar-refractivity contribution in [3.8, 4) is 5.75 Å². The molecule has 0 saturated heterocycles. The van der Waals surface area contributed by atoms with E-state index in [1.54, 1.807) is 24.3 Å². The molecule has 4 rings (SSSR count). The molecule has 0 bridgehead atoms. The maximum atomic E-state index is 12.4. The number of imidazole rings is 1. The van der Waals surface area contributed by atoms with Crippen LogP contribution in [0.3, 0.4) is 0 Å². The average molecular weight is 462 g/mol. The van der Waals surface area contributed by atoms with Crippen LogP contribution in [0.1, 0.15) is 34.6 Å². The highest BCUT2D eigenvalue weighted by molar-refractivity contribution is 6.30. The normalized spacial score (nSPS) is 11.0. The fourth-order valence-electron chi connectivity index (χ4n) is 3.86. The van der Waals surface area contributed by atoms with Crippen LogP contribution >= 0.6 is 11.6 Å². The zero-order chi connectivity index (χ0) is 23.0. The van der Waals surface area contributed by atoms with Crippen molar-refractivity contribution in [3.63, 3.8) is 0 Å². The van der Waals surface area contributed by atoms with E-state index >= 15 is 0 Å². The van der Waals surface area contributed by atoms with Crippen molar-refractivity contribution < 1.29 is 9.53 Å². The van der Waals surface area contributed by atoms with Crippen LogP contribution in [-0.4, -0.2) is 28.6 Å². The number of fused-ring (bicyclic) bond motifs is 1. The molecule has 0 saturated carbocycles. The van der Waals surface area contributed by atoms with Gasteiger partial charge in [0.05, 0.1) is 17.6 Å². The number of aryl methyl sites for hydroxylation is 2. The van der Waals surface area contributed by atoms with Crippen LogP contribution in [0, 0.1) is 6.92 Å². The van der Waals surface area contributed by atoms with Crippen LogP contribution < -0.4 is 10.1 Å². The first kappa shape index (κ1) is 22.9. The molecule has 0 aliphatic rings. The number of unbranched alkanes of at least 4 members (excludes halogenated alkanes) is 1. The predicted octanol–water partition coefficient (Wildman–Crippen LogP) is 5.83. The van der Waals surface area contributed by atoms with Crippen molar-refractivity contribution >= 4 is 28.5 Å². The molecular weight excluding hydrogens is 434 g/mol. The summed E-state index contributed by atoms with van der Waals surface area (Å²) in [5, 5.41) is 3.53. The Hall–Kier alpha value is -3.31. The minimum absolute atomic E-state index is 0.131. The second kappa shape index (κ2) is 11.0. The smallest absolute Gasteiger partial charge is 0.251 e. The fourth-order valence-corrected chi connectivity index (χ4v) is 4.05. The molecule has 5 nitrogen and oxygen atoms in total. The van der Waals surface area contributed by atoms with Crippen LogP contribution in [0.4, 0.5) is 0 Å². The van der Waals surface area contributed by atoms with Crippen LogP contribution in [0.2, 0.25) is 5.02 Å². The van der Waals surface area contributed by atoms with Gasteiger partial charge in [0.2, 0.25) is 0 Å². The van der Waals surface area contributed by atoms with Crippen LogP contribution in [0.5, 0.6) is 5.75 Å². The number of para-hydroxylation sites is 3. The lowest BCUT2D eigenvalue weighted by Gasteiger charge is -2.11. The monoisotopic (exact) mass is 461 g/mol. The summed E-state index contributed by atoms with van der Waals surface area (Å²) in [5.74, 6) is 1.79. The third-order valence-electron chi connectivity index (χ3n) is 5.58. The maximum Gasteiger partial charge on any atom is 0.251 e. The number of nitrogens with one attached hydrogen (secondary N) is 1. The molecule has 33 heavy (non-hydrogen) atoms. The summed E-state index contributed by atoms with van der Waals surface area (Å²) < 4.78 is 8.19. The highest BCUT2D eigenvalue weighted by Crippen LogP contribution is 2.19. The number of halogens is 1. The summed E-state index contributed by atoms with van der Waals surface area (Å²) in [4.78, 5) is 17.2. The maximum absolute atomic E-state index is 12.4. The van der Waals surface area contributed by atoms with E-state index in [9.17, 15) is 4.79 Å². The molecule has 0 unspecified atom stereocenters. The highest BCUT2D eigenvalue weighted by atomic mass is 35.5. The number of aromatic nitrogens is 2. The summed E-state index contributed by atoms with van der Waals surface area (Å²) in [6, 6.07) is 23.2. The number of benzene rings is 3. The molecular formula is C27H28ClN3O2. The van der Waals surface area contributed by atoms with E-state index in [4.69, 9.17) is 21.3 Å². The quantitative estimate of drug-likeness (QED) is 0.302. The van der Waals surface area contributed by atoms with Crippen molar-refractivity contribution in [3.05, 3.63) is 94.8 Å². The summed E-state index contributed by atoms with van der Waals surface area (Å²) in [5.41, 5.74) is 3.81. The molecule has 1 heterocycles. The van der Waals surface area contributed by atoms with Gasteiger partial charge in [-0.25, -0.2) is 4.98 Å². The van der Waals surface area contributed by atoms with Crippen molar-refractivity contribution in [2.75, 3.05) is 13.2 Å². The van der Waals surface area contributed by atoms with Gasteiger partial charge in [0, 0.05) is 30.1 Å². The molecule has 170 valence electrons. The topological polar surface area (TPSA) is 56.1 Å². The number of amides is 1. The van der Waals surface area contributed by atoms with Gasteiger partial charge in [-0.3, -0.25) is 4.79 Å². The van der Waals surface area contributed by atoms with Gasteiger partial charge in [-0.15, -0.1) is 0 Å². The Bertz CT molecular complexity index is 1240. The van der Waals surface area contributed by atoms with Gasteiger partial charge in [0.1, 0.15) is 11.6 Å². The van der Waals surface area contributed by atoms with Gasteiger partial charge >= 0.3 is 0 Å². The predicted molar refractivity (Wildman–Crippen MR) is 133 cm³/mol. The SMILES string of the molecule is Cc1ccccc1OCCCCn1c(CCNC(=O)c2cccc(Cl)c2)nc2ccccc21. The third kappa shape index (κ3) is 5.93. The van der Waals surface area contributed by atoms with E-state index < -0.39 is 0 Å². The molecule has 1 amide bonds. The minimum Gasteiger partial charge on any atom is -0.493 e. The van der Waals surface area contributed by atoms with E-state index in [0.717, 1.165) is 47.6 Å². The van der Waals surface area contributed by atoms with Gasteiger partial charge in [-0.2, -0.15) is 0 Å². The Morgan fingerprint density at radius 3 is 2.70 bits per heavy atom. The molecule has 6 heteroatoms. The Morgan fingerprint density at radius 1 is 1.03 bits per heavy atom. The zero-order valence-electron chi connectivity index (χ0n) is 18.8. The van der Waals surface area contributed by atoms with Crippen molar-refractivity contribution in [1.29, 1.82) is 0 Å². The number of ether oxygens (including phenoxy) is 1. The molecule has 1 aromatic heterocycles. The summed E-state index contributed by atoms with van der Waals surface area (Å²) in [6.07, 6.45) is 2.58. The van der Waals surface area contributed by atoms with Crippen LogP contribution in [0.15, 0.2) is 72.8 Å². The number of hydrogen-bond acceptors (Lipinski definition) is 3. The van der Waals surface area contributed by atoms with E-state index in [2.05, 4.69) is 28.9 Å². The molecule has 0 aliphatic carbocycles. The Kier molecular flexibility index (Phi) is 7.63. The van der Waals surface area contributed by atoms with Crippen molar-refractivity contribution in [1.82, 2.24) is 14.9 Å². The molecule has 1 N–H and O–H groups in total. The number of hydrogen-bond donors (Lipinski definition) is 1. The van der Waals surface area contributed by atoms with Gasteiger partial charge in [0.15, 0.2) is 0 Å². The Labute approximate surface area is 199 Å². The zero-order valence-corrected chi connectivity index (χ0v) is 19.5. The van der Waals surface area contributed by atoms with Crippen molar-refractivity contribution in [2.45, 2.75) is 32.7 Å². The second-order valence-electron chi connectivity index (χ2n) is 8.01. The minimum atomic E-state index is -0.131. The first-order chi connectivity index (χ1) is 16.1. The summed E-state index contributed by atoms with van der Waals surface area (Å²) in [7, 11) is 0. The fraction of sp³-hybridized carbons (Fsp3) is 0.259. The lowest BCUT2D eigenvalue weighted by molar-refractivity contribution is 0.0954. The first-order valence-corrected chi connectivity index (χ1v) is 11.7. The van der Waals surface area contributed by atoms with E-state index in [1.165, 1.54) is 0 Å². The van der Waals surface area contributed by atoms with E-state index in [0.29, 0.717) is 30.2 Å². The van der Waals surface area contributed by atoms with E-state index in [-0.39, 0.29) is 5.91 Å². The molecule has 0 spiro atoms. The molecule has 0 radical (unpaired) electrons. The van der Waals surface area contributed by atoms with Gasteiger partial charge in [-0.1, -0.05) is 48.0 Å². The molecule has 0 fully saturated rings.